The van der Waals surface area contributed by atoms with Crippen LogP contribution in [0.15, 0.2) is 47.1 Å². The minimum absolute atomic E-state index is 0.264. The Morgan fingerprint density at radius 1 is 1.27 bits per heavy atom. The first kappa shape index (κ1) is 20.7. The molecule has 2 rings (SSSR count). The summed E-state index contributed by atoms with van der Waals surface area (Å²) in [6.07, 6.45) is 3.50. The lowest BCUT2D eigenvalue weighted by Gasteiger charge is -2.21. The number of nitrogens with zero attached hydrogens (tertiary/aromatic N) is 1. The standard InChI is InChI=1S/C17H21ClN2O4S2/c1-26(22,23)20(15-7-5-14(18)6-8-15)12-17(21)19-9-3-11-25-13-16-4-2-10-24-16/h2,4-8,10H,3,9,11-13H2,1H3,(H,19,21). The molecule has 6 nitrogen and oxygen atoms in total. The topological polar surface area (TPSA) is 79.6 Å². The summed E-state index contributed by atoms with van der Waals surface area (Å²) < 4.78 is 30.3. The molecule has 0 unspecified atom stereocenters. The normalized spacial score (nSPS) is 11.3. The highest BCUT2D eigenvalue weighted by atomic mass is 35.5. The van der Waals surface area contributed by atoms with E-state index in [0.29, 0.717) is 17.3 Å². The van der Waals surface area contributed by atoms with E-state index >= 15 is 0 Å². The van der Waals surface area contributed by atoms with Crippen molar-refractivity contribution >= 4 is 45.0 Å². The molecule has 0 aliphatic carbocycles. The number of amides is 1. The highest BCUT2D eigenvalue weighted by Crippen LogP contribution is 2.20. The fourth-order valence-electron chi connectivity index (χ4n) is 2.16. The SMILES string of the molecule is CS(=O)(=O)N(CC(=O)NCCCSCc1ccco1)c1ccc(Cl)cc1. The zero-order chi connectivity index (χ0) is 19.0. The number of carbonyl (C=O) groups excluding carboxylic acids is 1. The lowest BCUT2D eigenvalue weighted by Crippen LogP contribution is -2.40. The van der Waals surface area contributed by atoms with Gasteiger partial charge in [-0.05, 0) is 48.6 Å². The van der Waals surface area contributed by atoms with Gasteiger partial charge in [-0.2, -0.15) is 11.8 Å². The molecule has 0 aliphatic heterocycles. The van der Waals surface area contributed by atoms with Crippen molar-refractivity contribution in [1.82, 2.24) is 5.32 Å². The van der Waals surface area contributed by atoms with Crippen LogP contribution in [0.4, 0.5) is 5.69 Å². The van der Waals surface area contributed by atoms with Gasteiger partial charge in [-0.1, -0.05) is 11.6 Å². The van der Waals surface area contributed by atoms with E-state index in [2.05, 4.69) is 5.32 Å². The van der Waals surface area contributed by atoms with Gasteiger partial charge >= 0.3 is 0 Å². The third-order valence-corrected chi connectivity index (χ3v) is 5.87. The zero-order valence-electron chi connectivity index (χ0n) is 14.4. The Morgan fingerprint density at radius 2 is 2.00 bits per heavy atom. The van der Waals surface area contributed by atoms with Crippen LogP contribution in [0.1, 0.15) is 12.2 Å². The highest BCUT2D eigenvalue weighted by molar-refractivity contribution is 7.98. The summed E-state index contributed by atoms with van der Waals surface area (Å²) in [6.45, 7) is 0.224. The van der Waals surface area contributed by atoms with Crippen LogP contribution in [0.5, 0.6) is 0 Å². The van der Waals surface area contributed by atoms with Crippen molar-refractivity contribution in [2.24, 2.45) is 0 Å². The van der Waals surface area contributed by atoms with Crippen LogP contribution in [0.2, 0.25) is 5.02 Å². The molecule has 0 saturated heterocycles. The quantitative estimate of drug-likeness (QED) is 0.602. The highest BCUT2D eigenvalue weighted by Gasteiger charge is 2.20. The Balaban J connectivity index is 1.75. The van der Waals surface area contributed by atoms with Gasteiger partial charge in [-0.25, -0.2) is 8.42 Å². The number of benzene rings is 1. The number of nitrogens with one attached hydrogen (secondary N) is 1. The molecule has 142 valence electrons. The van der Waals surface area contributed by atoms with Crippen LogP contribution in [0.25, 0.3) is 0 Å². The van der Waals surface area contributed by atoms with Crippen molar-refractivity contribution in [2.45, 2.75) is 12.2 Å². The van der Waals surface area contributed by atoms with Crippen LogP contribution in [0.3, 0.4) is 0 Å². The summed E-state index contributed by atoms with van der Waals surface area (Å²) in [5, 5.41) is 3.25. The molecule has 1 heterocycles. The van der Waals surface area contributed by atoms with Gasteiger partial charge in [0.15, 0.2) is 0 Å². The van der Waals surface area contributed by atoms with E-state index in [-0.39, 0.29) is 12.5 Å². The van der Waals surface area contributed by atoms with E-state index < -0.39 is 10.0 Å². The molecule has 0 radical (unpaired) electrons. The van der Waals surface area contributed by atoms with Crippen LogP contribution >= 0.6 is 23.4 Å². The maximum absolute atomic E-state index is 12.1. The molecular weight excluding hydrogens is 396 g/mol. The maximum Gasteiger partial charge on any atom is 0.240 e. The maximum atomic E-state index is 12.1. The smallest absolute Gasteiger partial charge is 0.240 e. The molecule has 0 fully saturated rings. The monoisotopic (exact) mass is 416 g/mol. The number of sulfonamides is 1. The summed E-state index contributed by atoms with van der Waals surface area (Å²) in [5.41, 5.74) is 0.404. The number of halogens is 1. The second-order valence-electron chi connectivity index (χ2n) is 5.58. The fourth-order valence-corrected chi connectivity index (χ4v) is 4.00. The molecule has 1 N–H and O–H groups in total. The van der Waals surface area contributed by atoms with Crippen molar-refractivity contribution in [1.29, 1.82) is 0 Å². The number of furan rings is 1. The first-order chi connectivity index (χ1) is 12.4. The Kier molecular flexibility index (Phi) is 7.86. The number of carbonyl (C=O) groups is 1. The number of hydrogen-bond acceptors (Lipinski definition) is 5. The molecule has 1 amide bonds. The zero-order valence-corrected chi connectivity index (χ0v) is 16.7. The molecule has 0 aliphatic rings. The molecule has 1 aromatic heterocycles. The third kappa shape index (κ3) is 6.93. The van der Waals surface area contributed by atoms with Crippen LogP contribution in [-0.4, -0.2) is 39.4 Å². The Bertz CT molecular complexity index is 793. The van der Waals surface area contributed by atoms with Crippen LogP contribution in [0, 0.1) is 0 Å². The van der Waals surface area contributed by atoms with E-state index in [1.165, 1.54) is 0 Å². The molecule has 0 saturated carbocycles. The molecule has 9 heteroatoms. The number of hydrogen-bond donors (Lipinski definition) is 1. The first-order valence-corrected chi connectivity index (χ1v) is 11.3. The molecule has 0 atom stereocenters. The van der Waals surface area contributed by atoms with E-state index in [1.54, 1.807) is 42.3 Å². The van der Waals surface area contributed by atoms with Crippen molar-refractivity contribution < 1.29 is 17.6 Å². The van der Waals surface area contributed by atoms with E-state index in [0.717, 1.165) is 34.2 Å². The first-order valence-electron chi connectivity index (χ1n) is 7.96. The predicted molar refractivity (Wildman–Crippen MR) is 106 cm³/mol. The van der Waals surface area contributed by atoms with Gasteiger partial charge in [0, 0.05) is 11.6 Å². The van der Waals surface area contributed by atoms with E-state index in [4.69, 9.17) is 16.0 Å². The molecule has 2 aromatic rings. The molecule has 1 aromatic carbocycles. The summed E-state index contributed by atoms with van der Waals surface area (Å²) in [7, 11) is -3.58. The summed E-state index contributed by atoms with van der Waals surface area (Å²) in [6, 6.07) is 10.1. The van der Waals surface area contributed by atoms with Gasteiger partial charge in [0.1, 0.15) is 12.3 Å². The average Bonchev–Trinajstić information content (AvgIpc) is 3.09. The third-order valence-electron chi connectivity index (χ3n) is 3.41. The van der Waals surface area contributed by atoms with Gasteiger partial charge in [0.2, 0.25) is 15.9 Å². The second kappa shape index (κ2) is 9.89. The Morgan fingerprint density at radius 3 is 2.62 bits per heavy atom. The average molecular weight is 417 g/mol. The van der Waals surface area contributed by atoms with E-state index in [9.17, 15) is 13.2 Å². The van der Waals surface area contributed by atoms with Crippen molar-refractivity contribution in [3.63, 3.8) is 0 Å². The van der Waals surface area contributed by atoms with Gasteiger partial charge in [-0.3, -0.25) is 9.10 Å². The van der Waals surface area contributed by atoms with Crippen molar-refractivity contribution in [3.8, 4) is 0 Å². The predicted octanol–water partition coefficient (Wildman–Crippen LogP) is 3.14. The molecule has 26 heavy (non-hydrogen) atoms. The number of anilines is 1. The molecular formula is C17H21ClN2O4S2. The van der Waals surface area contributed by atoms with E-state index in [1.807, 2.05) is 12.1 Å². The summed E-state index contributed by atoms with van der Waals surface area (Å²) in [5.74, 6) is 2.24. The minimum Gasteiger partial charge on any atom is -0.468 e. The van der Waals surface area contributed by atoms with Gasteiger partial charge in [-0.15, -0.1) is 0 Å². The lowest BCUT2D eigenvalue weighted by atomic mass is 10.3. The summed E-state index contributed by atoms with van der Waals surface area (Å²) >= 11 is 7.54. The van der Waals surface area contributed by atoms with Crippen LogP contribution in [-0.2, 0) is 20.6 Å². The second-order valence-corrected chi connectivity index (χ2v) is 9.03. The molecule has 0 spiro atoms. The van der Waals surface area contributed by atoms with Crippen molar-refractivity contribution in [2.75, 3.05) is 29.4 Å². The Hall–Kier alpha value is -1.64. The summed E-state index contributed by atoms with van der Waals surface area (Å²) in [4.78, 5) is 12.1. The minimum atomic E-state index is -3.58. The van der Waals surface area contributed by atoms with Gasteiger partial charge in [0.05, 0.1) is 24.0 Å². The largest absolute Gasteiger partial charge is 0.468 e. The molecule has 0 bridgehead atoms. The lowest BCUT2D eigenvalue weighted by molar-refractivity contribution is -0.119. The number of rotatable bonds is 10. The van der Waals surface area contributed by atoms with Gasteiger partial charge < -0.3 is 9.73 Å². The van der Waals surface area contributed by atoms with Crippen LogP contribution < -0.4 is 9.62 Å². The Labute approximate surface area is 162 Å². The fraction of sp³-hybridized carbons (Fsp3) is 0.353. The van der Waals surface area contributed by atoms with Crippen molar-refractivity contribution in [3.05, 3.63) is 53.4 Å². The number of thioether (sulfide) groups is 1. The van der Waals surface area contributed by atoms with Gasteiger partial charge in [0.25, 0.3) is 0 Å².